The van der Waals surface area contributed by atoms with E-state index in [1.807, 2.05) is 26.1 Å². The summed E-state index contributed by atoms with van der Waals surface area (Å²) in [6, 6.07) is 3.62. The molecule has 8 nitrogen and oxygen atoms in total. The maximum atomic E-state index is 12.5. The summed E-state index contributed by atoms with van der Waals surface area (Å²) in [6.07, 6.45) is 7.58. The molecule has 0 fully saturated rings. The van der Waals surface area contributed by atoms with Crippen LogP contribution in [0.25, 0.3) is 22.6 Å². The predicted octanol–water partition coefficient (Wildman–Crippen LogP) is 1.54. The van der Waals surface area contributed by atoms with Gasteiger partial charge in [-0.1, -0.05) is 6.92 Å². The molecule has 0 spiro atoms. The van der Waals surface area contributed by atoms with Crippen LogP contribution < -0.4 is 5.56 Å². The van der Waals surface area contributed by atoms with E-state index in [0.717, 1.165) is 22.4 Å². The lowest BCUT2D eigenvalue weighted by atomic mass is 10.1. The van der Waals surface area contributed by atoms with Gasteiger partial charge >= 0.3 is 0 Å². The fraction of sp³-hybridized carbons (Fsp3) is 0.188. The molecule has 0 bridgehead atoms. The third-order valence-electron chi connectivity index (χ3n) is 4.00. The van der Waals surface area contributed by atoms with Crippen LogP contribution in [0.3, 0.4) is 0 Å². The van der Waals surface area contributed by atoms with Crippen molar-refractivity contribution in [1.29, 1.82) is 0 Å². The number of H-pyrrole nitrogens is 1. The molecule has 120 valence electrons. The van der Waals surface area contributed by atoms with E-state index in [2.05, 4.69) is 25.4 Å². The molecule has 0 amide bonds. The lowest BCUT2D eigenvalue weighted by Crippen LogP contribution is -2.21. The van der Waals surface area contributed by atoms with Gasteiger partial charge in [-0.3, -0.25) is 9.89 Å². The molecule has 0 aromatic carbocycles. The molecule has 0 atom stereocenters. The summed E-state index contributed by atoms with van der Waals surface area (Å²) in [7, 11) is 0. The molecule has 4 heterocycles. The Hall–Kier alpha value is -3.29. The second-order valence-electron chi connectivity index (χ2n) is 5.44. The maximum Gasteiger partial charge on any atom is 0.276 e. The molecule has 0 aliphatic rings. The van der Waals surface area contributed by atoms with Crippen LogP contribution in [0.15, 0.2) is 41.7 Å². The van der Waals surface area contributed by atoms with Crippen molar-refractivity contribution >= 4 is 5.65 Å². The van der Waals surface area contributed by atoms with Crippen LogP contribution >= 0.6 is 0 Å². The lowest BCUT2D eigenvalue weighted by Gasteiger charge is -2.03. The summed E-state index contributed by atoms with van der Waals surface area (Å²) < 4.78 is 3.11. The highest BCUT2D eigenvalue weighted by Gasteiger charge is 2.15. The molecule has 0 unspecified atom stereocenters. The molecular formula is C16H15N7O. The van der Waals surface area contributed by atoms with E-state index in [0.29, 0.717) is 17.9 Å². The van der Waals surface area contributed by atoms with Crippen molar-refractivity contribution in [2.45, 2.75) is 20.3 Å². The van der Waals surface area contributed by atoms with Gasteiger partial charge in [0.05, 0.1) is 6.20 Å². The zero-order chi connectivity index (χ0) is 16.7. The minimum Gasteiger partial charge on any atom is -0.296 e. The normalized spacial score (nSPS) is 11.2. The Bertz CT molecular complexity index is 1070. The number of aromatic nitrogens is 7. The monoisotopic (exact) mass is 321 g/mol. The molecule has 4 rings (SSSR count). The summed E-state index contributed by atoms with van der Waals surface area (Å²) in [4.78, 5) is 17.1. The van der Waals surface area contributed by atoms with E-state index in [9.17, 15) is 4.79 Å². The summed E-state index contributed by atoms with van der Waals surface area (Å²) >= 11 is 0. The van der Waals surface area contributed by atoms with Crippen molar-refractivity contribution < 1.29 is 0 Å². The predicted molar refractivity (Wildman–Crippen MR) is 88.1 cm³/mol. The van der Waals surface area contributed by atoms with Gasteiger partial charge in [0, 0.05) is 41.0 Å². The number of hydrogen-bond donors (Lipinski definition) is 1. The number of aryl methyl sites for hydroxylation is 1. The second kappa shape index (κ2) is 5.41. The Labute approximate surface area is 136 Å². The van der Waals surface area contributed by atoms with Gasteiger partial charge in [-0.05, 0) is 25.5 Å². The number of aromatic amines is 1. The minimum atomic E-state index is -0.0624. The van der Waals surface area contributed by atoms with Crippen LogP contribution in [0.1, 0.15) is 18.2 Å². The molecule has 0 radical (unpaired) electrons. The molecule has 4 aromatic rings. The van der Waals surface area contributed by atoms with Crippen LogP contribution in [-0.4, -0.2) is 34.6 Å². The lowest BCUT2D eigenvalue weighted by molar-refractivity contribution is 0.814. The van der Waals surface area contributed by atoms with Crippen LogP contribution in [0, 0.1) is 6.92 Å². The van der Waals surface area contributed by atoms with E-state index in [1.54, 1.807) is 29.3 Å². The maximum absolute atomic E-state index is 12.5. The van der Waals surface area contributed by atoms with Gasteiger partial charge in [-0.25, -0.2) is 14.2 Å². The first-order valence-electron chi connectivity index (χ1n) is 7.61. The summed E-state index contributed by atoms with van der Waals surface area (Å²) in [5.74, 6) is 0.623. The topological polar surface area (TPSA) is 93.8 Å². The molecule has 24 heavy (non-hydrogen) atoms. The third-order valence-corrected chi connectivity index (χ3v) is 4.00. The first-order valence-corrected chi connectivity index (χ1v) is 7.61. The van der Waals surface area contributed by atoms with E-state index >= 15 is 0 Å². The van der Waals surface area contributed by atoms with Crippen molar-refractivity contribution in [3.8, 4) is 16.9 Å². The fourth-order valence-electron chi connectivity index (χ4n) is 2.78. The summed E-state index contributed by atoms with van der Waals surface area (Å²) in [6.45, 7) is 3.81. The van der Waals surface area contributed by atoms with Crippen molar-refractivity contribution in [1.82, 2.24) is 34.6 Å². The second-order valence-corrected chi connectivity index (χ2v) is 5.44. The number of hydrogen-bond acceptors (Lipinski definition) is 5. The van der Waals surface area contributed by atoms with Gasteiger partial charge in [0.2, 0.25) is 0 Å². The standard InChI is InChI=1S/C16H15N7O/c1-3-12-10(2)20-15-13(8-19-23(15)16(12)24)11-7-18-22(9-11)14-5-4-6-17-21-14/h4-9,19H,3H2,1-2H3. The largest absolute Gasteiger partial charge is 0.296 e. The molecule has 1 N–H and O–H groups in total. The Morgan fingerprint density at radius 2 is 2.21 bits per heavy atom. The molecule has 0 aliphatic heterocycles. The van der Waals surface area contributed by atoms with Crippen LogP contribution in [0.2, 0.25) is 0 Å². The number of nitrogens with zero attached hydrogens (tertiary/aromatic N) is 6. The quantitative estimate of drug-likeness (QED) is 0.617. The molecule has 8 heteroatoms. The molecule has 0 aliphatic carbocycles. The SMILES string of the molecule is CCc1c(C)nc2c(-c3cnn(-c4cccnn4)c3)c[nH]n2c1=O. The minimum absolute atomic E-state index is 0.0624. The first-order chi connectivity index (χ1) is 11.7. The first kappa shape index (κ1) is 14.3. The van der Waals surface area contributed by atoms with E-state index in [-0.39, 0.29) is 5.56 Å². The average molecular weight is 321 g/mol. The van der Waals surface area contributed by atoms with E-state index < -0.39 is 0 Å². The van der Waals surface area contributed by atoms with Crippen LogP contribution in [0.5, 0.6) is 0 Å². The van der Waals surface area contributed by atoms with Crippen molar-refractivity contribution in [2.24, 2.45) is 0 Å². The fourth-order valence-corrected chi connectivity index (χ4v) is 2.78. The molecule has 4 aromatic heterocycles. The highest BCUT2D eigenvalue weighted by molar-refractivity contribution is 5.76. The van der Waals surface area contributed by atoms with Gasteiger partial charge < -0.3 is 0 Å². The summed E-state index contributed by atoms with van der Waals surface area (Å²) in [5.41, 5.74) is 3.66. The molecular weight excluding hydrogens is 306 g/mol. The van der Waals surface area contributed by atoms with E-state index in [1.165, 1.54) is 4.52 Å². The molecule has 0 saturated carbocycles. The average Bonchev–Trinajstić information content (AvgIpc) is 3.22. The number of rotatable bonds is 3. The number of fused-ring (bicyclic) bond motifs is 1. The Morgan fingerprint density at radius 3 is 2.96 bits per heavy atom. The van der Waals surface area contributed by atoms with Crippen LogP contribution in [0.4, 0.5) is 0 Å². The van der Waals surface area contributed by atoms with Gasteiger partial charge in [-0.15, -0.1) is 5.10 Å². The van der Waals surface area contributed by atoms with Gasteiger partial charge in [-0.2, -0.15) is 10.2 Å². The highest BCUT2D eigenvalue weighted by atomic mass is 16.1. The third kappa shape index (κ3) is 2.11. The number of nitrogens with one attached hydrogen (secondary N) is 1. The van der Waals surface area contributed by atoms with Crippen molar-refractivity contribution in [3.63, 3.8) is 0 Å². The van der Waals surface area contributed by atoms with E-state index in [4.69, 9.17) is 0 Å². The Kier molecular flexibility index (Phi) is 3.23. The van der Waals surface area contributed by atoms with Crippen molar-refractivity contribution in [3.05, 3.63) is 58.5 Å². The van der Waals surface area contributed by atoms with Crippen LogP contribution in [-0.2, 0) is 6.42 Å². The van der Waals surface area contributed by atoms with Gasteiger partial charge in [0.1, 0.15) is 0 Å². The smallest absolute Gasteiger partial charge is 0.276 e. The zero-order valence-corrected chi connectivity index (χ0v) is 13.3. The van der Waals surface area contributed by atoms with Gasteiger partial charge in [0.15, 0.2) is 11.5 Å². The zero-order valence-electron chi connectivity index (χ0n) is 13.3. The Balaban J connectivity index is 1.86. The highest BCUT2D eigenvalue weighted by Crippen LogP contribution is 2.23. The van der Waals surface area contributed by atoms with Crippen molar-refractivity contribution in [2.75, 3.05) is 0 Å². The van der Waals surface area contributed by atoms with Gasteiger partial charge in [0.25, 0.3) is 5.56 Å². The Morgan fingerprint density at radius 1 is 1.33 bits per heavy atom. The molecule has 0 saturated heterocycles. The summed E-state index contributed by atoms with van der Waals surface area (Å²) in [5, 5.41) is 15.2.